The first kappa shape index (κ1) is 19.6. The van der Waals surface area contributed by atoms with E-state index in [0.29, 0.717) is 70.1 Å². The van der Waals surface area contributed by atoms with Crippen LogP contribution in [-0.2, 0) is 9.47 Å². The molecule has 7 nitrogen and oxygen atoms in total. The molecule has 2 aliphatic rings. The van der Waals surface area contributed by atoms with Gasteiger partial charge in [0.05, 0.1) is 33.5 Å². The molecule has 0 N–H and O–H groups in total. The second kappa shape index (κ2) is 9.19. The number of rotatable bonds is 5. The molecule has 8 heteroatoms. The molecule has 0 bridgehead atoms. The maximum absolute atomic E-state index is 15.3. The first-order valence-corrected chi connectivity index (χ1v) is 9.79. The van der Waals surface area contributed by atoms with E-state index in [4.69, 9.17) is 14.2 Å². The summed E-state index contributed by atoms with van der Waals surface area (Å²) in [7, 11) is 1.64. The normalized spacial score (nSPS) is 17.7. The zero-order chi connectivity index (χ0) is 20.1. The van der Waals surface area contributed by atoms with Crippen LogP contribution < -0.4 is 14.5 Å². The first-order valence-electron chi connectivity index (χ1n) is 9.79. The second-order valence-electron chi connectivity index (χ2n) is 6.85. The molecule has 2 fully saturated rings. The van der Waals surface area contributed by atoms with Crippen molar-refractivity contribution in [2.75, 3.05) is 69.5 Å². The van der Waals surface area contributed by atoms with E-state index >= 15 is 4.39 Å². The minimum absolute atomic E-state index is 0.333. The Morgan fingerprint density at radius 2 is 1.38 bits per heavy atom. The van der Waals surface area contributed by atoms with Crippen molar-refractivity contribution in [1.82, 2.24) is 9.97 Å². The molecule has 1 aromatic heterocycles. The van der Waals surface area contributed by atoms with E-state index in [1.165, 1.54) is 0 Å². The molecule has 0 atom stereocenters. The average molecular weight is 400 g/mol. The highest BCUT2D eigenvalue weighted by Crippen LogP contribution is 2.27. The molecule has 0 spiro atoms. The highest BCUT2D eigenvalue weighted by atomic mass is 19.1. The molecule has 1 aromatic carbocycles. The third-order valence-corrected chi connectivity index (χ3v) is 5.00. The first-order chi connectivity index (χ1) is 14.2. The number of anilines is 2. The van der Waals surface area contributed by atoms with Crippen LogP contribution in [0.5, 0.6) is 5.75 Å². The summed E-state index contributed by atoms with van der Waals surface area (Å²) in [6, 6.07) is 7.68. The summed E-state index contributed by atoms with van der Waals surface area (Å²) in [5.41, 5.74) is 0.986. The van der Waals surface area contributed by atoms with Crippen LogP contribution in [0.2, 0.25) is 0 Å². The Morgan fingerprint density at radius 1 is 0.862 bits per heavy atom. The van der Waals surface area contributed by atoms with Gasteiger partial charge in [0.2, 0.25) is 5.82 Å². The number of halogens is 1. The summed E-state index contributed by atoms with van der Waals surface area (Å²) < 4.78 is 31.3. The van der Waals surface area contributed by atoms with Gasteiger partial charge >= 0.3 is 0 Å². The van der Waals surface area contributed by atoms with E-state index in [-0.39, 0.29) is 5.82 Å². The topological polar surface area (TPSA) is 60.0 Å². The Bertz CT molecular complexity index is 808. The molecule has 2 saturated heterocycles. The number of morpholine rings is 2. The Kier molecular flexibility index (Phi) is 6.21. The zero-order valence-corrected chi connectivity index (χ0v) is 16.5. The van der Waals surface area contributed by atoms with E-state index in [0.717, 1.165) is 11.3 Å². The fourth-order valence-electron chi connectivity index (χ4n) is 3.37. The molecule has 0 radical (unpaired) electrons. The van der Waals surface area contributed by atoms with E-state index in [9.17, 15) is 0 Å². The van der Waals surface area contributed by atoms with Gasteiger partial charge in [-0.3, -0.25) is 0 Å². The predicted molar refractivity (Wildman–Crippen MR) is 110 cm³/mol. The van der Waals surface area contributed by atoms with Gasteiger partial charge in [-0.15, -0.1) is 0 Å². The lowest BCUT2D eigenvalue weighted by Gasteiger charge is -2.31. The summed E-state index contributed by atoms with van der Waals surface area (Å²) in [5.74, 6) is 1.56. The number of methoxy groups -OCH3 is 1. The molecule has 0 saturated carbocycles. The fourth-order valence-corrected chi connectivity index (χ4v) is 3.37. The number of ether oxygens (including phenoxy) is 3. The van der Waals surface area contributed by atoms with Gasteiger partial charge < -0.3 is 24.0 Å². The van der Waals surface area contributed by atoms with Crippen LogP contribution in [0.15, 0.2) is 24.3 Å². The van der Waals surface area contributed by atoms with E-state index in [2.05, 4.69) is 9.97 Å². The Hall–Kier alpha value is -2.71. The van der Waals surface area contributed by atoms with Crippen molar-refractivity contribution in [3.8, 4) is 5.75 Å². The Balaban J connectivity index is 1.66. The van der Waals surface area contributed by atoms with Gasteiger partial charge in [0.1, 0.15) is 5.75 Å². The maximum Gasteiger partial charge on any atom is 0.208 e. The molecule has 0 unspecified atom stereocenters. The molecule has 0 amide bonds. The van der Waals surface area contributed by atoms with Gasteiger partial charge in [-0.05, 0) is 23.8 Å². The molecule has 154 valence electrons. The lowest BCUT2D eigenvalue weighted by molar-refractivity contribution is 0.121. The van der Waals surface area contributed by atoms with E-state index in [1.807, 2.05) is 46.2 Å². The molecule has 4 rings (SSSR count). The number of nitrogens with zero attached hydrogens (tertiary/aromatic N) is 4. The lowest BCUT2D eigenvalue weighted by atomic mass is 10.2. The van der Waals surface area contributed by atoms with Gasteiger partial charge in [0.15, 0.2) is 17.5 Å². The molecule has 3 heterocycles. The average Bonchev–Trinajstić information content (AvgIpc) is 2.80. The van der Waals surface area contributed by atoms with Crippen LogP contribution in [0.3, 0.4) is 0 Å². The summed E-state index contributed by atoms with van der Waals surface area (Å²) in [4.78, 5) is 12.9. The smallest absolute Gasteiger partial charge is 0.208 e. The number of aromatic nitrogens is 2. The van der Waals surface area contributed by atoms with Crippen LogP contribution >= 0.6 is 0 Å². The highest BCUT2D eigenvalue weighted by molar-refractivity contribution is 5.69. The quantitative estimate of drug-likeness (QED) is 0.764. The van der Waals surface area contributed by atoms with Crippen molar-refractivity contribution in [2.24, 2.45) is 0 Å². The summed E-state index contributed by atoms with van der Waals surface area (Å²) >= 11 is 0. The summed E-state index contributed by atoms with van der Waals surface area (Å²) in [6.45, 7) is 4.69. The molecular weight excluding hydrogens is 375 g/mol. The summed E-state index contributed by atoms with van der Waals surface area (Å²) in [5, 5.41) is 0. The van der Waals surface area contributed by atoms with Crippen LogP contribution in [-0.4, -0.2) is 69.7 Å². The lowest BCUT2D eigenvalue weighted by Crippen LogP contribution is -2.40. The minimum atomic E-state index is -0.379. The van der Waals surface area contributed by atoms with Gasteiger partial charge in [-0.25, -0.2) is 9.97 Å². The molecular formula is C21H25FN4O3. The number of hydrogen-bond acceptors (Lipinski definition) is 7. The monoisotopic (exact) mass is 400 g/mol. The Morgan fingerprint density at radius 3 is 1.86 bits per heavy atom. The van der Waals surface area contributed by atoms with Crippen molar-refractivity contribution in [1.29, 1.82) is 0 Å². The van der Waals surface area contributed by atoms with Crippen molar-refractivity contribution < 1.29 is 18.6 Å². The third-order valence-electron chi connectivity index (χ3n) is 5.00. The summed E-state index contributed by atoms with van der Waals surface area (Å²) in [6.07, 6.45) is 3.73. The SMILES string of the molecule is COc1ccc(C=Cc2nc(N3CCOCC3)c(F)c(N3CCOCC3)n2)cc1. The van der Waals surface area contributed by atoms with Gasteiger partial charge in [-0.1, -0.05) is 18.2 Å². The van der Waals surface area contributed by atoms with Crippen LogP contribution in [0.25, 0.3) is 12.2 Å². The largest absolute Gasteiger partial charge is 0.497 e. The van der Waals surface area contributed by atoms with Crippen molar-refractivity contribution >= 4 is 23.8 Å². The molecule has 2 aromatic rings. The Labute approximate surface area is 169 Å². The van der Waals surface area contributed by atoms with Crippen LogP contribution in [0.1, 0.15) is 11.4 Å². The van der Waals surface area contributed by atoms with Gasteiger partial charge in [0.25, 0.3) is 0 Å². The highest BCUT2D eigenvalue weighted by Gasteiger charge is 2.25. The van der Waals surface area contributed by atoms with Crippen molar-refractivity contribution in [2.45, 2.75) is 0 Å². The maximum atomic E-state index is 15.3. The molecule has 2 aliphatic heterocycles. The third kappa shape index (κ3) is 4.65. The number of hydrogen-bond donors (Lipinski definition) is 0. The molecule has 0 aliphatic carbocycles. The number of benzene rings is 1. The van der Waals surface area contributed by atoms with Gasteiger partial charge in [0, 0.05) is 26.2 Å². The fraction of sp³-hybridized carbons (Fsp3) is 0.429. The zero-order valence-electron chi connectivity index (χ0n) is 16.5. The van der Waals surface area contributed by atoms with E-state index < -0.39 is 0 Å². The van der Waals surface area contributed by atoms with Crippen LogP contribution in [0.4, 0.5) is 16.0 Å². The van der Waals surface area contributed by atoms with Crippen LogP contribution in [0, 0.1) is 5.82 Å². The minimum Gasteiger partial charge on any atom is -0.497 e. The van der Waals surface area contributed by atoms with Gasteiger partial charge in [-0.2, -0.15) is 4.39 Å². The van der Waals surface area contributed by atoms with Crippen molar-refractivity contribution in [3.63, 3.8) is 0 Å². The predicted octanol–water partition coefficient (Wildman–Crippen LogP) is 2.47. The standard InChI is InChI=1S/C21H25FN4O3/c1-27-17-5-2-16(3-6-17)4-7-18-23-20(25-8-12-28-13-9-25)19(22)21(24-18)26-10-14-29-15-11-26/h2-7H,8-15H2,1H3. The van der Waals surface area contributed by atoms with E-state index in [1.54, 1.807) is 7.11 Å². The second-order valence-corrected chi connectivity index (χ2v) is 6.85. The molecule has 29 heavy (non-hydrogen) atoms. The van der Waals surface area contributed by atoms with Crippen molar-refractivity contribution in [3.05, 3.63) is 41.5 Å².